The van der Waals surface area contributed by atoms with Crippen LogP contribution in [0.5, 0.6) is 0 Å². The zero-order valence-electron chi connectivity index (χ0n) is 11.0. The topological polar surface area (TPSA) is 27.1 Å². The number of aromatic nitrogens is 2. The van der Waals surface area contributed by atoms with E-state index >= 15 is 0 Å². The van der Waals surface area contributed by atoms with E-state index in [1.54, 1.807) is 0 Å². The Bertz CT molecular complexity index is 442. The summed E-state index contributed by atoms with van der Waals surface area (Å²) in [5, 5.41) is 4.15. The third-order valence-corrected chi connectivity index (χ3v) is 3.54. The van der Waals surface area contributed by atoms with Gasteiger partial charge >= 0.3 is 58.4 Å². The Balaban J connectivity index is 0.00000133. The van der Waals surface area contributed by atoms with E-state index in [1.807, 2.05) is 0 Å². The van der Waals surface area contributed by atoms with Gasteiger partial charge in [0.25, 0.3) is 0 Å². The molecule has 100 valence electrons. The Hall–Kier alpha value is 0.661. The van der Waals surface area contributed by atoms with Gasteiger partial charge in [0.05, 0.1) is 5.69 Å². The van der Waals surface area contributed by atoms with Crippen LogP contribution in [0.3, 0.4) is 0 Å². The van der Waals surface area contributed by atoms with Crippen molar-refractivity contribution >= 4 is 12.6 Å². The standard InChI is InChI=1S/C11H15BF3N2O.K/c13-12(14,15)10-7-9(8-4-5-8)16-17(10)11-3-1-2-6-18-11;/h7-8,11H,1-6H2;/q-1;+1. The average molecular weight is 298 g/mol. The van der Waals surface area contributed by atoms with E-state index < -0.39 is 18.8 Å². The fourth-order valence-electron chi connectivity index (χ4n) is 2.40. The fraction of sp³-hybridized carbons (Fsp3) is 0.727. The van der Waals surface area contributed by atoms with Gasteiger partial charge < -0.3 is 17.7 Å². The van der Waals surface area contributed by atoms with Crippen molar-refractivity contribution in [2.24, 2.45) is 0 Å². The molecule has 0 radical (unpaired) electrons. The third kappa shape index (κ3) is 3.65. The molecular weight excluding hydrogens is 283 g/mol. The molecule has 1 saturated carbocycles. The van der Waals surface area contributed by atoms with E-state index in [4.69, 9.17) is 4.74 Å². The first-order valence-corrected chi connectivity index (χ1v) is 6.46. The predicted octanol–water partition coefficient (Wildman–Crippen LogP) is -0.482. The van der Waals surface area contributed by atoms with Crippen LogP contribution in [0.15, 0.2) is 6.07 Å². The summed E-state index contributed by atoms with van der Waals surface area (Å²) in [5.74, 6) is 0.228. The molecular formula is C11H15BF3KN2O. The molecule has 1 atom stereocenters. The summed E-state index contributed by atoms with van der Waals surface area (Å²) in [5.41, 5.74) is -0.0258. The van der Waals surface area contributed by atoms with Crippen LogP contribution in [0.25, 0.3) is 0 Å². The van der Waals surface area contributed by atoms with Gasteiger partial charge in [-0.3, -0.25) is 4.68 Å². The number of rotatable bonds is 3. The van der Waals surface area contributed by atoms with Crippen molar-refractivity contribution in [2.75, 3.05) is 6.61 Å². The van der Waals surface area contributed by atoms with Crippen molar-refractivity contribution in [3.8, 4) is 0 Å². The van der Waals surface area contributed by atoms with Gasteiger partial charge in [-0.2, -0.15) is 5.10 Å². The van der Waals surface area contributed by atoms with E-state index in [0.717, 1.165) is 30.4 Å². The summed E-state index contributed by atoms with van der Waals surface area (Å²) in [6, 6.07) is 1.22. The maximum Gasteiger partial charge on any atom is 1.00 e. The second-order valence-electron chi connectivity index (χ2n) is 5.11. The van der Waals surface area contributed by atoms with Crippen LogP contribution in [-0.2, 0) is 4.74 Å². The van der Waals surface area contributed by atoms with Crippen molar-refractivity contribution in [3.63, 3.8) is 0 Å². The molecule has 0 N–H and O–H groups in total. The molecule has 19 heavy (non-hydrogen) atoms. The maximum atomic E-state index is 13.0. The number of hydrogen-bond acceptors (Lipinski definition) is 2. The molecule has 1 saturated heterocycles. The van der Waals surface area contributed by atoms with Crippen molar-refractivity contribution in [2.45, 2.75) is 44.2 Å². The van der Waals surface area contributed by atoms with E-state index in [9.17, 15) is 12.9 Å². The summed E-state index contributed by atoms with van der Waals surface area (Å²) in [6.07, 6.45) is 3.79. The second kappa shape index (κ2) is 6.19. The second-order valence-corrected chi connectivity index (χ2v) is 5.11. The summed E-state index contributed by atoms with van der Waals surface area (Å²) >= 11 is 0. The number of halogens is 3. The maximum absolute atomic E-state index is 13.0. The molecule has 8 heteroatoms. The first-order valence-electron chi connectivity index (χ1n) is 6.46. The summed E-state index contributed by atoms with van der Waals surface area (Å²) in [4.78, 5) is 0. The van der Waals surface area contributed by atoms with Crippen LogP contribution in [0.4, 0.5) is 12.9 Å². The quantitative estimate of drug-likeness (QED) is 0.705. The van der Waals surface area contributed by atoms with Gasteiger partial charge in [0.15, 0.2) is 0 Å². The first-order chi connectivity index (χ1) is 8.55. The smallest absolute Gasteiger partial charge is 0.444 e. The molecule has 1 aliphatic heterocycles. The van der Waals surface area contributed by atoms with Gasteiger partial charge in [0.1, 0.15) is 6.23 Å². The number of hydrogen-bond donors (Lipinski definition) is 0. The molecule has 3 rings (SSSR count). The van der Waals surface area contributed by atoms with E-state index in [2.05, 4.69) is 5.10 Å². The molecule has 3 nitrogen and oxygen atoms in total. The largest absolute Gasteiger partial charge is 1.00 e. The minimum absolute atomic E-state index is 0. The monoisotopic (exact) mass is 298 g/mol. The Morgan fingerprint density at radius 3 is 2.47 bits per heavy atom. The molecule has 0 aromatic carbocycles. The van der Waals surface area contributed by atoms with Crippen LogP contribution in [0.2, 0.25) is 0 Å². The van der Waals surface area contributed by atoms with Crippen LogP contribution in [0.1, 0.15) is 49.9 Å². The SMILES string of the molecule is F[B-](F)(F)c1cc(C2CC2)nn1C1CCCCO1.[K+]. The number of ether oxygens (including phenoxy) is 1. The zero-order valence-corrected chi connectivity index (χ0v) is 14.1. The van der Waals surface area contributed by atoms with E-state index in [0.29, 0.717) is 18.7 Å². The van der Waals surface area contributed by atoms with Gasteiger partial charge in [0, 0.05) is 12.5 Å². The Kier molecular flexibility index (Phi) is 5.23. The van der Waals surface area contributed by atoms with Crippen LogP contribution >= 0.6 is 0 Å². The van der Waals surface area contributed by atoms with Crippen molar-refractivity contribution in [3.05, 3.63) is 11.8 Å². The van der Waals surface area contributed by atoms with Gasteiger partial charge in [0.2, 0.25) is 0 Å². The molecule has 0 spiro atoms. The summed E-state index contributed by atoms with van der Waals surface area (Å²) in [7, 11) is 0. The Morgan fingerprint density at radius 2 is 1.95 bits per heavy atom. The molecule has 2 fully saturated rings. The molecule has 1 unspecified atom stereocenters. The van der Waals surface area contributed by atoms with Crippen LogP contribution in [-0.4, -0.2) is 23.4 Å². The molecule has 0 bridgehead atoms. The summed E-state index contributed by atoms with van der Waals surface area (Å²) in [6.45, 7) is -4.50. The van der Waals surface area contributed by atoms with Crippen LogP contribution in [0, 0.1) is 0 Å². The van der Waals surface area contributed by atoms with Gasteiger partial charge in [-0.15, -0.1) is 0 Å². The molecule has 0 amide bonds. The molecule has 2 aliphatic rings. The van der Waals surface area contributed by atoms with Crippen LogP contribution < -0.4 is 57.0 Å². The van der Waals surface area contributed by atoms with Crippen molar-refractivity contribution in [1.82, 2.24) is 9.78 Å². The zero-order chi connectivity index (χ0) is 12.8. The Morgan fingerprint density at radius 1 is 1.21 bits per heavy atom. The summed E-state index contributed by atoms with van der Waals surface area (Å²) < 4.78 is 45.6. The van der Waals surface area contributed by atoms with E-state index in [1.165, 1.54) is 6.07 Å². The molecule has 1 aromatic rings. The van der Waals surface area contributed by atoms with E-state index in [-0.39, 0.29) is 57.3 Å². The Labute approximate surface area is 152 Å². The van der Waals surface area contributed by atoms with Crippen molar-refractivity contribution in [1.29, 1.82) is 0 Å². The average Bonchev–Trinajstić information content (AvgIpc) is 3.08. The molecule has 1 aliphatic carbocycles. The normalized spacial score (nSPS) is 24.1. The third-order valence-electron chi connectivity index (χ3n) is 3.54. The van der Waals surface area contributed by atoms with Gasteiger partial charge in [-0.05, 0) is 43.8 Å². The van der Waals surface area contributed by atoms with Crippen molar-refractivity contribution < 1.29 is 69.1 Å². The minimum atomic E-state index is -5.03. The predicted molar refractivity (Wildman–Crippen MR) is 61.8 cm³/mol. The fourth-order valence-corrected chi connectivity index (χ4v) is 2.40. The minimum Gasteiger partial charge on any atom is -0.444 e. The first kappa shape index (κ1) is 16.0. The number of nitrogens with zero attached hydrogens (tertiary/aromatic N) is 2. The van der Waals surface area contributed by atoms with Gasteiger partial charge in [-0.25, -0.2) is 0 Å². The van der Waals surface area contributed by atoms with Gasteiger partial charge in [-0.1, -0.05) is 0 Å². The molecule has 1 aromatic heterocycles. The molecule has 2 heterocycles.